The van der Waals surface area contributed by atoms with Crippen molar-refractivity contribution in [2.75, 3.05) is 31.6 Å². The molecule has 1 fully saturated rings. The molecule has 146 valence electrons. The Hall–Kier alpha value is -2.64. The van der Waals surface area contributed by atoms with Crippen molar-refractivity contribution in [2.45, 2.75) is 32.7 Å². The van der Waals surface area contributed by atoms with Crippen LogP contribution in [0.4, 0.5) is 14.5 Å². The van der Waals surface area contributed by atoms with Crippen molar-refractivity contribution in [1.29, 1.82) is 0 Å². The molecule has 2 heterocycles. The van der Waals surface area contributed by atoms with E-state index in [1.165, 1.54) is 12.1 Å². The third-order valence-electron chi connectivity index (χ3n) is 4.85. The lowest BCUT2D eigenvalue weighted by Crippen LogP contribution is -2.45. The van der Waals surface area contributed by atoms with Gasteiger partial charge in [-0.05, 0) is 38.8 Å². The van der Waals surface area contributed by atoms with Crippen LogP contribution in [0.5, 0.6) is 0 Å². The van der Waals surface area contributed by atoms with Gasteiger partial charge in [-0.3, -0.25) is 4.99 Å². The Morgan fingerprint density at radius 2 is 2.19 bits per heavy atom. The van der Waals surface area contributed by atoms with Crippen LogP contribution in [0.2, 0.25) is 0 Å². The Morgan fingerprint density at radius 1 is 1.37 bits per heavy atom. The molecule has 0 aliphatic carbocycles. The lowest BCUT2D eigenvalue weighted by Gasteiger charge is -2.21. The largest absolute Gasteiger partial charge is 0.367 e. The average molecular weight is 377 g/mol. The minimum atomic E-state index is -0.562. The van der Waals surface area contributed by atoms with E-state index in [1.54, 1.807) is 7.05 Å². The van der Waals surface area contributed by atoms with E-state index in [1.807, 2.05) is 18.7 Å². The molecule has 0 spiro atoms. The maximum Gasteiger partial charge on any atom is 0.191 e. The van der Waals surface area contributed by atoms with Crippen LogP contribution in [0.25, 0.3) is 0 Å². The lowest BCUT2D eigenvalue weighted by molar-refractivity contribution is 0.392. The van der Waals surface area contributed by atoms with Gasteiger partial charge in [0, 0.05) is 44.4 Å². The molecule has 0 bridgehead atoms. The number of hydrogen-bond acceptors (Lipinski definition) is 4. The van der Waals surface area contributed by atoms with Crippen molar-refractivity contribution in [2.24, 2.45) is 4.99 Å². The van der Waals surface area contributed by atoms with Crippen molar-refractivity contribution in [1.82, 2.24) is 15.8 Å². The summed E-state index contributed by atoms with van der Waals surface area (Å²) < 4.78 is 32.2. The molecule has 8 heteroatoms. The third kappa shape index (κ3) is 4.56. The van der Waals surface area contributed by atoms with Crippen molar-refractivity contribution in [3.63, 3.8) is 0 Å². The third-order valence-corrected chi connectivity index (χ3v) is 4.85. The van der Waals surface area contributed by atoms with Crippen LogP contribution in [0.1, 0.15) is 23.4 Å². The lowest BCUT2D eigenvalue weighted by atomic mass is 10.1. The molecule has 1 atom stereocenters. The second kappa shape index (κ2) is 8.37. The number of aliphatic imine (C=N–C) groups is 1. The number of nitrogens with one attached hydrogen (secondary N) is 2. The molecule has 0 saturated carbocycles. The first-order valence-electron chi connectivity index (χ1n) is 9.07. The topological polar surface area (TPSA) is 65.7 Å². The highest BCUT2D eigenvalue weighted by molar-refractivity contribution is 5.80. The van der Waals surface area contributed by atoms with Crippen LogP contribution in [-0.4, -0.2) is 43.8 Å². The Labute approximate surface area is 157 Å². The Balaban J connectivity index is 1.50. The van der Waals surface area contributed by atoms with Gasteiger partial charge in [-0.25, -0.2) is 8.78 Å². The second-order valence-corrected chi connectivity index (χ2v) is 6.72. The summed E-state index contributed by atoms with van der Waals surface area (Å²) in [5.74, 6) is 0.448. The first kappa shape index (κ1) is 19.1. The molecule has 1 aliphatic rings. The van der Waals surface area contributed by atoms with E-state index in [0.717, 1.165) is 35.9 Å². The van der Waals surface area contributed by atoms with E-state index in [2.05, 4.69) is 20.8 Å². The zero-order chi connectivity index (χ0) is 19.4. The maximum absolute atomic E-state index is 14.0. The molecule has 0 amide bonds. The minimum Gasteiger partial charge on any atom is -0.367 e. The SMILES string of the molecule is CN=C(NCCc1c(C)noc1C)NC1CCN(c2ccc(F)cc2F)C1. The molecular formula is C19H25F2N5O. The van der Waals surface area contributed by atoms with E-state index < -0.39 is 11.6 Å². The van der Waals surface area contributed by atoms with Crippen molar-refractivity contribution in [3.05, 3.63) is 46.9 Å². The molecule has 27 heavy (non-hydrogen) atoms. The van der Waals surface area contributed by atoms with Gasteiger partial charge in [-0.1, -0.05) is 5.16 Å². The molecule has 0 radical (unpaired) electrons. The van der Waals surface area contributed by atoms with E-state index in [9.17, 15) is 8.78 Å². The number of anilines is 1. The van der Waals surface area contributed by atoms with Gasteiger partial charge in [0.2, 0.25) is 0 Å². The number of nitrogens with zero attached hydrogens (tertiary/aromatic N) is 3. The number of aromatic nitrogens is 1. The van der Waals surface area contributed by atoms with Gasteiger partial charge in [-0.2, -0.15) is 0 Å². The fourth-order valence-corrected chi connectivity index (χ4v) is 3.39. The fraction of sp³-hybridized carbons (Fsp3) is 0.474. The summed E-state index contributed by atoms with van der Waals surface area (Å²) in [6, 6.07) is 3.84. The maximum atomic E-state index is 14.0. The molecule has 1 saturated heterocycles. The molecule has 2 N–H and O–H groups in total. The summed E-state index contributed by atoms with van der Waals surface area (Å²) in [7, 11) is 1.72. The van der Waals surface area contributed by atoms with Gasteiger partial charge in [-0.15, -0.1) is 0 Å². The van der Waals surface area contributed by atoms with E-state index >= 15 is 0 Å². The Kier molecular flexibility index (Phi) is 5.93. The monoisotopic (exact) mass is 377 g/mol. The number of hydrogen-bond donors (Lipinski definition) is 2. The van der Waals surface area contributed by atoms with Gasteiger partial charge in [0.1, 0.15) is 17.4 Å². The molecule has 6 nitrogen and oxygen atoms in total. The first-order chi connectivity index (χ1) is 13.0. The summed E-state index contributed by atoms with van der Waals surface area (Å²) in [4.78, 5) is 6.18. The van der Waals surface area contributed by atoms with Crippen molar-refractivity contribution >= 4 is 11.6 Å². The molecule has 2 aromatic rings. The van der Waals surface area contributed by atoms with Gasteiger partial charge in [0.15, 0.2) is 5.96 Å². The first-order valence-corrected chi connectivity index (χ1v) is 9.07. The minimum absolute atomic E-state index is 0.139. The van der Waals surface area contributed by atoms with Crippen LogP contribution >= 0.6 is 0 Å². The molecular weight excluding hydrogens is 352 g/mol. The Bertz CT molecular complexity index is 801. The molecule has 1 aliphatic heterocycles. The highest BCUT2D eigenvalue weighted by Crippen LogP contribution is 2.24. The zero-order valence-electron chi connectivity index (χ0n) is 15.9. The standard InChI is InChI=1S/C19H25F2N5O/c1-12-16(13(2)27-25-12)6-8-23-19(22-3)24-15-7-9-26(11-15)18-5-4-14(20)10-17(18)21/h4-5,10,15H,6-9,11H2,1-3H3,(H2,22,23,24). The number of benzene rings is 1. The van der Waals surface area contributed by atoms with E-state index in [0.29, 0.717) is 31.3 Å². The molecule has 1 aromatic carbocycles. The summed E-state index contributed by atoms with van der Waals surface area (Å²) in [5, 5.41) is 10.6. The summed E-state index contributed by atoms with van der Waals surface area (Å²) in [6.45, 7) is 5.87. The van der Waals surface area contributed by atoms with Crippen molar-refractivity contribution < 1.29 is 13.3 Å². The van der Waals surface area contributed by atoms with Crippen LogP contribution in [-0.2, 0) is 6.42 Å². The smallest absolute Gasteiger partial charge is 0.191 e. The van der Waals surface area contributed by atoms with Gasteiger partial charge in [0.25, 0.3) is 0 Å². The molecule has 3 rings (SSSR count). The highest BCUT2D eigenvalue weighted by atomic mass is 19.1. The van der Waals surface area contributed by atoms with Gasteiger partial charge in [0.05, 0.1) is 11.4 Å². The number of halogens is 2. The Morgan fingerprint density at radius 3 is 2.85 bits per heavy atom. The zero-order valence-corrected chi connectivity index (χ0v) is 15.9. The van der Waals surface area contributed by atoms with Crippen LogP contribution in [0.15, 0.2) is 27.7 Å². The molecule has 1 aromatic heterocycles. The predicted molar refractivity (Wildman–Crippen MR) is 101 cm³/mol. The predicted octanol–water partition coefficient (Wildman–Crippen LogP) is 2.56. The van der Waals surface area contributed by atoms with Crippen LogP contribution in [0.3, 0.4) is 0 Å². The normalized spacial score (nSPS) is 17.4. The van der Waals surface area contributed by atoms with E-state index in [4.69, 9.17) is 4.52 Å². The summed E-state index contributed by atoms with van der Waals surface area (Å²) in [5.41, 5.74) is 2.45. The number of rotatable bonds is 5. The van der Waals surface area contributed by atoms with Crippen LogP contribution in [0, 0.1) is 25.5 Å². The second-order valence-electron chi connectivity index (χ2n) is 6.72. The van der Waals surface area contributed by atoms with Crippen molar-refractivity contribution in [3.8, 4) is 0 Å². The van der Waals surface area contributed by atoms with Gasteiger partial charge < -0.3 is 20.1 Å². The highest BCUT2D eigenvalue weighted by Gasteiger charge is 2.25. The number of guanidine groups is 1. The molecule has 1 unspecified atom stereocenters. The number of aryl methyl sites for hydroxylation is 2. The average Bonchev–Trinajstić information content (AvgIpc) is 3.22. The van der Waals surface area contributed by atoms with E-state index in [-0.39, 0.29) is 6.04 Å². The fourth-order valence-electron chi connectivity index (χ4n) is 3.39. The van der Waals surface area contributed by atoms with Gasteiger partial charge >= 0.3 is 0 Å². The quantitative estimate of drug-likeness (QED) is 0.619. The summed E-state index contributed by atoms with van der Waals surface area (Å²) in [6.07, 6.45) is 1.64. The summed E-state index contributed by atoms with van der Waals surface area (Å²) >= 11 is 0. The van der Waals surface area contributed by atoms with Crippen LogP contribution < -0.4 is 15.5 Å².